The number of hydrogen-bond donors (Lipinski definition) is 2. The Morgan fingerprint density at radius 3 is 2.46 bits per heavy atom. The first-order chi connectivity index (χ1) is 11.1. The van der Waals surface area contributed by atoms with Crippen molar-refractivity contribution in [3.05, 3.63) is 51.2 Å². The van der Waals surface area contributed by atoms with Crippen molar-refractivity contribution in [3.63, 3.8) is 0 Å². The van der Waals surface area contributed by atoms with Gasteiger partial charge in [0, 0.05) is 18.5 Å². The molecule has 24 heavy (non-hydrogen) atoms. The van der Waals surface area contributed by atoms with Crippen LogP contribution >= 0.6 is 35.3 Å². The summed E-state index contributed by atoms with van der Waals surface area (Å²) in [6.45, 7) is 8.42. The molecule has 6 heteroatoms. The Labute approximate surface area is 165 Å². The molecule has 4 nitrogen and oxygen atoms in total. The smallest absolute Gasteiger partial charge is 0.191 e. The summed E-state index contributed by atoms with van der Waals surface area (Å²) < 4.78 is 5.57. The van der Waals surface area contributed by atoms with E-state index in [-0.39, 0.29) is 24.0 Å². The van der Waals surface area contributed by atoms with Crippen LogP contribution in [0.25, 0.3) is 0 Å². The van der Waals surface area contributed by atoms with Crippen molar-refractivity contribution < 1.29 is 4.74 Å². The Morgan fingerprint density at radius 2 is 1.88 bits per heavy atom. The molecular weight excluding hydrogens is 433 g/mol. The minimum absolute atomic E-state index is 0. The Kier molecular flexibility index (Phi) is 9.13. The van der Waals surface area contributed by atoms with Crippen molar-refractivity contribution >= 4 is 41.3 Å². The molecule has 0 fully saturated rings. The topological polar surface area (TPSA) is 45.6 Å². The molecule has 0 saturated carbocycles. The van der Waals surface area contributed by atoms with Gasteiger partial charge in [-0.15, -0.1) is 35.3 Å². The first kappa shape index (κ1) is 20.8. The number of rotatable bonds is 6. The molecule has 0 amide bonds. The van der Waals surface area contributed by atoms with Gasteiger partial charge in [0.05, 0.1) is 13.2 Å². The molecule has 132 valence electrons. The molecule has 0 aliphatic rings. The second-order valence-corrected chi connectivity index (χ2v) is 6.34. The van der Waals surface area contributed by atoms with Crippen LogP contribution in [0.4, 0.5) is 0 Å². The summed E-state index contributed by atoms with van der Waals surface area (Å²) in [5.41, 5.74) is 3.68. The quantitative estimate of drug-likeness (QED) is 0.386. The predicted molar refractivity (Wildman–Crippen MR) is 114 cm³/mol. The zero-order chi connectivity index (χ0) is 16.7. The van der Waals surface area contributed by atoms with E-state index in [9.17, 15) is 0 Å². The lowest BCUT2D eigenvalue weighted by Crippen LogP contribution is -2.36. The first-order valence-corrected chi connectivity index (χ1v) is 8.71. The predicted octanol–water partition coefficient (Wildman–Crippen LogP) is 4.25. The number of thiophene rings is 1. The van der Waals surface area contributed by atoms with E-state index in [4.69, 9.17) is 4.74 Å². The van der Waals surface area contributed by atoms with E-state index in [0.29, 0.717) is 6.61 Å². The number of ether oxygens (including phenoxy) is 1. The maximum absolute atomic E-state index is 5.57. The Morgan fingerprint density at radius 1 is 1.12 bits per heavy atom. The van der Waals surface area contributed by atoms with E-state index in [1.54, 1.807) is 18.4 Å². The van der Waals surface area contributed by atoms with Gasteiger partial charge >= 0.3 is 0 Å². The van der Waals surface area contributed by atoms with Gasteiger partial charge in [-0.1, -0.05) is 12.1 Å². The number of aryl methyl sites for hydroxylation is 2. The Hall–Kier alpha value is -1.28. The molecule has 0 bridgehead atoms. The fourth-order valence-electron chi connectivity index (χ4n) is 2.29. The van der Waals surface area contributed by atoms with Crippen LogP contribution in [0.1, 0.15) is 28.5 Å². The van der Waals surface area contributed by atoms with Crippen LogP contribution < -0.4 is 15.4 Å². The molecule has 1 heterocycles. The first-order valence-electron chi connectivity index (χ1n) is 7.83. The van der Waals surface area contributed by atoms with Crippen LogP contribution in [0.2, 0.25) is 0 Å². The lowest BCUT2D eigenvalue weighted by Gasteiger charge is -2.13. The van der Waals surface area contributed by atoms with Gasteiger partial charge in [-0.2, -0.15) is 0 Å². The SMILES string of the molecule is CCOc1ccc(CNC(=NC)NCc2sccc2C)cc1C.I. The summed E-state index contributed by atoms with van der Waals surface area (Å²) in [4.78, 5) is 5.61. The van der Waals surface area contributed by atoms with Gasteiger partial charge in [-0.25, -0.2) is 0 Å². The van der Waals surface area contributed by atoms with E-state index >= 15 is 0 Å². The monoisotopic (exact) mass is 459 g/mol. The van der Waals surface area contributed by atoms with Crippen LogP contribution in [0.3, 0.4) is 0 Å². The van der Waals surface area contributed by atoms with Crippen molar-refractivity contribution in [2.45, 2.75) is 33.9 Å². The average molecular weight is 459 g/mol. The second-order valence-electron chi connectivity index (χ2n) is 5.34. The zero-order valence-corrected chi connectivity index (χ0v) is 17.8. The van der Waals surface area contributed by atoms with Crippen molar-refractivity contribution in [3.8, 4) is 5.75 Å². The van der Waals surface area contributed by atoms with E-state index in [2.05, 4.69) is 53.1 Å². The number of halogens is 1. The third-order valence-corrected chi connectivity index (χ3v) is 4.63. The molecule has 1 aromatic heterocycles. The summed E-state index contributed by atoms with van der Waals surface area (Å²) in [6.07, 6.45) is 0. The number of aliphatic imine (C=N–C) groups is 1. The standard InChI is InChI=1S/C18H25N3OS.HI/c1-5-22-16-7-6-15(10-14(16)3)11-20-18(19-4)21-12-17-13(2)8-9-23-17;/h6-10H,5,11-12H2,1-4H3,(H2,19,20,21);1H. The molecule has 1 aromatic carbocycles. The van der Waals surface area contributed by atoms with Crippen molar-refractivity contribution in [1.82, 2.24) is 10.6 Å². The largest absolute Gasteiger partial charge is 0.494 e. The number of benzene rings is 1. The summed E-state index contributed by atoms with van der Waals surface area (Å²) in [5.74, 6) is 1.76. The minimum Gasteiger partial charge on any atom is -0.494 e. The fraction of sp³-hybridized carbons (Fsp3) is 0.389. The van der Waals surface area contributed by atoms with Crippen molar-refractivity contribution in [1.29, 1.82) is 0 Å². The molecular formula is C18H26IN3OS. The molecule has 0 unspecified atom stereocenters. The maximum Gasteiger partial charge on any atom is 0.191 e. The highest BCUT2D eigenvalue weighted by molar-refractivity contribution is 14.0. The maximum atomic E-state index is 5.57. The van der Waals surface area contributed by atoms with E-state index < -0.39 is 0 Å². The van der Waals surface area contributed by atoms with E-state index in [1.807, 2.05) is 13.0 Å². The highest BCUT2D eigenvalue weighted by Gasteiger charge is 2.04. The molecule has 2 rings (SSSR count). The van der Waals surface area contributed by atoms with Gasteiger partial charge in [0.15, 0.2) is 5.96 Å². The summed E-state index contributed by atoms with van der Waals surface area (Å²) in [6, 6.07) is 8.40. The molecule has 0 aliphatic heterocycles. The van der Waals surface area contributed by atoms with Gasteiger partial charge in [-0.3, -0.25) is 4.99 Å². The van der Waals surface area contributed by atoms with E-state index in [1.165, 1.54) is 16.0 Å². The van der Waals surface area contributed by atoms with Gasteiger partial charge in [-0.05, 0) is 55.0 Å². The van der Waals surface area contributed by atoms with E-state index in [0.717, 1.165) is 30.4 Å². The molecule has 0 radical (unpaired) electrons. The van der Waals surface area contributed by atoms with Crippen LogP contribution in [0, 0.1) is 13.8 Å². The Balaban J connectivity index is 0.00000288. The number of nitrogens with zero attached hydrogens (tertiary/aromatic N) is 1. The molecule has 0 saturated heterocycles. The highest BCUT2D eigenvalue weighted by atomic mass is 127. The average Bonchev–Trinajstić information content (AvgIpc) is 2.95. The second kappa shape index (κ2) is 10.6. The summed E-state index contributed by atoms with van der Waals surface area (Å²) in [5, 5.41) is 8.82. The highest BCUT2D eigenvalue weighted by Crippen LogP contribution is 2.19. The van der Waals surface area contributed by atoms with Crippen LogP contribution in [-0.4, -0.2) is 19.6 Å². The normalized spacial score (nSPS) is 10.9. The molecule has 2 N–H and O–H groups in total. The molecule has 0 spiro atoms. The number of nitrogens with one attached hydrogen (secondary N) is 2. The summed E-state index contributed by atoms with van der Waals surface area (Å²) >= 11 is 1.77. The fourth-order valence-corrected chi connectivity index (χ4v) is 3.14. The van der Waals surface area contributed by atoms with Gasteiger partial charge < -0.3 is 15.4 Å². The van der Waals surface area contributed by atoms with Crippen molar-refractivity contribution in [2.24, 2.45) is 4.99 Å². The van der Waals surface area contributed by atoms with Gasteiger partial charge in [0.2, 0.25) is 0 Å². The third-order valence-electron chi connectivity index (χ3n) is 3.61. The zero-order valence-electron chi connectivity index (χ0n) is 14.7. The van der Waals surface area contributed by atoms with Gasteiger partial charge in [0.25, 0.3) is 0 Å². The molecule has 0 aliphatic carbocycles. The summed E-state index contributed by atoms with van der Waals surface area (Å²) in [7, 11) is 1.79. The number of hydrogen-bond acceptors (Lipinski definition) is 3. The lowest BCUT2D eigenvalue weighted by molar-refractivity contribution is 0.338. The minimum atomic E-state index is 0. The lowest BCUT2D eigenvalue weighted by atomic mass is 10.1. The van der Waals surface area contributed by atoms with Gasteiger partial charge in [0.1, 0.15) is 5.75 Å². The molecule has 0 atom stereocenters. The third kappa shape index (κ3) is 5.98. The van der Waals surface area contributed by atoms with Crippen molar-refractivity contribution in [2.75, 3.05) is 13.7 Å². The van der Waals surface area contributed by atoms with Crippen LogP contribution in [0.15, 0.2) is 34.6 Å². The number of guanidine groups is 1. The Bertz CT molecular complexity index is 670. The van der Waals surface area contributed by atoms with Crippen LogP contribution in [-0.2, 0) is 13.1 Å². The van der Waals surface area contributed by atoms with Crippen LogP contribution in [0.5, 0.6) is 5.75 Å². The molecule has 2 aromatic rings.